The summed E-state index contributed by atoms with van der Waals surface area (Å²) in [5.41, 5.74) is 8.03. The zero-order valence-corrected chi connectivity index (χ0v) is 22.1. The van der Waals surface area contributed by atoms with Crippen LogP contribution in [0.1, 0.15) is 61.1 Å². The van der Waals surface area contributed by atoms with E-state index >= 15 is 0 Å². The van der Waals surface area contributed by atoms with Gasteiger partial charge in [0.1, 0.15) is 0 Å². The fourth-order valence-electron chi connectivity index (χ4n) is 2.87. The highest BCUT2D eigenvalue weighted by Gasteiger charge is 1.97. The van der Waals surface area contributed by atoms with Crippen LogP contribution >= 0.6 is 0 Å². The predicted octanol–water partition coefficient (Wildman–Crippen LogP) is 10.1. The van der Waals surface area contributed by atoms with Crippen molar-refractivity contribution in [3.8, 4) is 0 Å². The first kappa shape index (κ1) is 29.1. The average molecular weight is 429 g/mol. The maximum Gasteiger partial charge on any atom is -0.0152 e. The zero-order valence-electron chi connectivity index (χ0n) is 22.1. The van der Waals surface area contributed by atoms with E-state index in [0.29, 0.717) is 0 Å². The van der Waals surface area contributed by atoms with Crippen LogP contribution in [0.25, 0.3) is 10.8 Å². The van der Waals surface area contributed by atoms with E-state index in [4.69, 9.17) is 0 Å². The van der Waals surface area contributed by atoms with Crippen LogP contribution in [0.3, 0.4) is 0 Å². The van der Waals surface area contributed by atoms with Crippen molar-refractivity contribution in [2.75, 3.05) is 0 Å². The first-order valence-electron chi connectivity index (χ1n) is 11.9. The van der Waals surface area contributed by atoms with E-state index in [1.807, 2.05) is 27.7 Å². The molecule has 172 valence electrons. The second kappa shape index (κ2) is 16.8. The molecule has 0 N–H and O–H groups in total. The number of benzene rings is 4. The molecule has 32 heavy (non-hydrogen) atoms. The molecule has 0 radical (unpaired) electrons. The Balaban J connectivity index is 0.000000429. The van der Waals surface area contributed by atoms with Crippen LogP contribution < -0.4 is 0 Å². The molecule has 0 heteroatoms. The molecule has 0 aliphatic rings. The van der Waals surface area contributed by atoms with Crippen LogP contribution in [-0.2, 0) is 0 Å². The maximum absolute atomic E-state index is 2.18. The van der Waals surface area contributed by atoms with E-state index in [9.17, 15) is 0 Å². The summed E-state index contributed by atoms with van der Waals surface area (Å²) in [6, 6.07) is 29.9. The number of hydrogen-bond donors (Lipinski definition) is 0. The Morgan fingerprint density at radius 3 is 0.750 bits per heavy atom. The van der Waals surface area contributed by atoms with Gasteiger partial charge in [-0.1, -0.05) is 135 Å². The van der Waals surface area contributed by atoms with Crippen molar-refractivity contribution in [1.29, 1.82) is 0 Å². The predicted molar refractivity (Wildman–Crippen MR) is 148 cm³/mol. The smallest absolute Gasteiger partial charge is 0.0152 e. The molecular weight excluding hydrogens is 384 g/mol. The standard InChI is InChI=1S/C12H12.2C8H10.2C2H6/c1-9-7-8-10(2)12-6-4-3-5-11(9)12;2*1-7-3-5-8(2)6-4-7;2*1-2/h3-8H,1-2H3;2*3-6H,1-2H3;2*1-2H3. The van der Waals surface area contributed by atoms with E-state index in [1.165, 1.54) is 44.2 Å². The Morgan fingerprint density at radius 1 is 0.312 bits per heavy atom. The maximum atomic E-state index is 2.18. The largest absolute Gasteiger partial charge is 0.0683 e. The molecule has 0 fully saturated rings. The lowest BCUT2D eigenvalue weighted by atomic mass is 10.0. The quantitative estimate of drug-likeness (QED) is 0.261. The number of rotatable bonds is 0. The van der Waals surface area contributed by atoms with Gasteiger partial charge in [-0.3, -0.25) is 0 Å². The van der Waals surface area contributed by atoms with Gasteiger partial charge in [0.25, 0.3) is 0 Å². The highest BCUT2D eigenvalue weighted by atomic mass is 14.0. The van der Waals surface area contributed by atoms with Crippen molar-refractivity contribution in [2.24, 2.45) is 0 Å². The van der Waals surface area contributed by atoms with Crippen LogP contribution in [0.5, 0.6) is 0 Å². The van der Waals surface area contributed by atoms with Gasteiger partial charge in [0.05, 0.1) is 0 Å². The molecule has 0 spiro atoms. The summed E-state index contributed by atoms with van der Waals surface area (Å²) in [6.45, 7) is 20.7. The van der Waals surface area contributed by atoms with Crippen molar-refractivity contribution < 1.29 is 0 Å². The van der Waals surface area contributed by atoms with Crippen molar-refractivity contribution >= 4 is 10.8 Å². The molecule has 0 amide bonds. The molecule has 0 aliphatic heterocycles. The van der Waals surface area contributed by atoms with Crippen molar-refractivity contribution in [2.45, 2.75) is 69.2 Å². The normalized spacial score (nSPS) is 8.94. The summed E-state index contributed by atoms with van der Waals surface area (Å²) in [6.07, 6.45) is 0. The minimum atomic E-state index is 1.33. The van der Waals surface area contributed by atoms with Crippen LogP contribution in [0.4, 0.5) is 0 Å². The first-order chi connectivity index (χ1) is 15.4. The van der Waals surface area contributed by atoms with Gasteiger partial charge in [0.15, 0.2) is 0 Å². The minimum Gasteiger partial charge on any atom is -0.0683 e. The Labute approximate surface area is 198 Å². The van der Waals surface area contributed by atoms with E-state index < -0.39 is 0 Å². The molecule has 4 aromatic rings. The fraction of sp³-hybridized carbons (Fsp3) is 0.312. The summed E-state index contributed by atoms with van der Waals surface area (Å²) >= 11 is 0. The number of hydrogen-bond acceptors (Lipinski definition) is 0. The second-order valence-corrected chi connectivity index (χ2v) is 7.55. The highest BCUT2D eigenvalue weighted by molar-refractivity contribution is 5.88. The van der Waals surface area contributed by atoms with E-state index in [-0.39, 0.29) is 0 Å². The van der Waals surface area contributed by atoms with Crippen molar-refractivity contribution in [3.05, 3.63) is 118 Å². The van der Waals surface area contributed by atoms with Crippen LogP contribution in [0.2, 0.25) is 0 Å². The molecule has 4 aromatic carbocycles. The molecule has 0 bridgehead atoms. The second-order valence-electron chi connectivity index (χ2n) is 7.55. The Kier molecular flexibility index (Phi) is 15.3. The van der Waals surface area contributed by atoms with Gasteiger partial charge in [-0.2, -0.15) is 0 Å². The average Bonchev–Trinajstić information content (AvgIpc) is 2.84. The van der Waals surface area contributed by atoms with E-state index in [2.05, 4.69) is 126 Å². The lowest BCUT2D eigenvalue weighted by Gasteiger charge is -2.03. The third-order valence-electron chi connectivity index (χ3n) is 4.80. The molecule has 0 saturated heterocycles. The Morgan fingerprint density at radius 2 is 0.531 bits per heavy atom. The summed E-state index contributed by atoms with van der Waals surface area (Å²) in [7, 11) is 0. The Hall–Kier alpha value is -2.86. The SMILES string of the molecule is CC.CC.Cc1ccc(C)c2ccccc12.Cc1ccc(C)cc1.Cc1ccc(C)cc1. The van der Waals surface area contributed by atoms with E-state index in [1.54, 1.807) is 0 Å². The van der Waals surface area contributed by atoms with Crippen LogP contribution in [0, 0.1) is 41.5 Å². The van der Waals surface area contributed by atoms with Gasteiger partial charge in [-0.25, -0.2) is 0 Å². The molecule has 4 rings (SSSR count). The lowest BCUT2D eigenvalue weighted by Crippen LogP contribution is -1.80. The summed E-state index contributed by atoms with van der Waals surface area (Å²) in [5, 5.41) is 2.75. The van der Waals surface area contributed by atoms with Gasteiger partial charge < -0.3 is 0 Å². The number of fused-ring (bicyclic) bond motifs is 1. The summed E-state index contributed by atoms with van der Waals surface area (Å²) in [5.74, 6) is 0. The molecule has 0 atom stereocenters. The molecule has 0 aliphatic carbocycles. The summed E-state index contributed by atoms with van der Waals surface area (Å²) in [4.78, 5) is 0. The van der Waals surface area contributed by atoms with Gasteiger partial charge in [0, 0.05) is 0 Å². The lowest BCUT2D eigenvalue weighted by molar-refractivity contribution is 1.40. The van der Waals surface area contributed by atoms with Crippen LogP contribution in [0.15, 0.2) is 84.9 Å². The van der Waals surface area contributed by atoms with Gasteiger partial charge >= 0.3 is 0 Å². The van der Waals surface area contributed by atoms with Crippen molar-refractivity contribution in [1.82, 2.24) is 0 Å². The van der Waals surface area contributed by atoms with Gasteiger partial charge in [0.2, 0.25) is 0 Å². The molecular formula is C32H44. The van der Waals surface area contributed by atoms with E-state index in [0.717, 1.165) is 0 Å². The fourth-order valence-corrected chi connectivity index (χ4v) is 2.87. The van der Waals surface area contributed by atoms with Gasteiger partial charge in [-0.05, 0) is 63.4 Å². The van der Waals surface area contributed by atoms with Crippen molar-refractivity contribution in [3.63, 3.8) is 0 Å². The Bertz CT molecular complexity index is 864. The minimum absolute atomic E-state index is 1.33. The molecule has 0 nitrogen and oxygen atoms in total. The number of aryl methyl sites for hydroxylation is 6. The van der Waals surface area contributed by atoms with Gasteiger partial charge in [-0.15, -0.1) is 0 Å². The third kappa shape index (κ3) is 11.0. The molecule has 0 saturated carbocycles. The molecule has 0 aromatic heterocycles. The molecule has 0 heterocycles. The third-order valence-corrected chi connectivity index (χ3v) is 4.80. The zero-order chi connectivity index (χ0) is 24.5. The first-order valence-corrected chi connectivity index (χ1v) is 11.9. The highest BCUT2D eigenvalue weighted by Crippen LogP contribution is 2.21. The molecule has 0 unspecified atom stereocenters. The topological polar surface area (TPSA) is 0 Å². The monoisotopic (exact) mass is 428 g/mol. The summed E-state index contributed by atoms with van der Waals surface area (Å²) < 4.78 is 0. The van der Waals surface area contributed by atoms with Crippen LogP contribution in [-0.4, -0.2) is 0 Å².